The first-order chi connectivity index (χ1) is 10.0. The maximum atomic E-state index is 11.4. The highest BCUT2D eigenvalue weighted by molar-refractivity contribution is 7.99. The highest BCUT2D eigenvalue weighted by atomic mass is 32.2. The van der Waals surface area contributed by atoms with Crippen molar-refractivity contribution in [2.24, 2.45) is 0 Å². The number of carbonyl (C=O) groups is 1. The van der Waals surface area contributed by atoms with Gasteiger partial charge < -0.3 is 10.6 Å². The summed E-state index contributed by atoms with van der Waals surface area (Å²) in [5, 5.41) is 17.6. The predicted molar refractivity (Wildman–Crippen MR) is 86.1 cm³/mol. The minimum atomic E-state index is -0.378. The van der Waals surface area contributed by atoms with Crippen LogP contribution in [0.2, 0.25) is 0 Å². The Bertz CT molecular complexity index is 563. The third-order valence-corrected chi connectivity index (χ3v) is 4.62. The van der Waals surface area contributed by atoms with Crippen molar-refractivity contribution in [1.82, 2.24) is 0 Å². The van der Waals surface area contributed by atoms with Gasteiger partial charge in [0.15, 0.2) is 0 Å². The molecule has 1 amide bonds. The van der Waals surface area contributed by atoms with Crippen LogP contribution in [0.15, 0.2) is 12.1 Å². The first-order valence-corrected chi connectivity index (χ1v) is 8.18. The summed E-state index contributed by atoms with van der Waals surface area (Å²) >= 11 is 1.76. The van der Waals surface area contributed by atoms with Crippen LogP contribution < -0.4 is 10.6 Å². The average Bonchev–Trinajstić information content (AvgIpc) is 2.45. The van der Waals surface area contributed by atoms with Gasteiger partial charge in [0.2, 0.25) is 5.91 Å². The number of nitrogens with zero attached hydrogens (tertiary/aromatic N) is 1. The molecule has 0 spiro atoms. The number of hydrogen-bond acceptors (Lipinski definition) is 5. The van der Waals surface area contributed by atoms with Crippen LogP contribution in [-0.2, 0) is 11.2 Å². The van der Waals surface area contributed by atoms with Gasteiger partial charge in [-0.05, 0) is 30.7 Å². The SMILES string of the molecule is CSC(C)CCNc1cc2c(cc1[N+](=O)[O-])CCC(=O)N2. The fourth-order valence-electron chi connectivity index (χ4n) is 2.24. The molecule has 7 heteroatoms. The fraction of sp³-hybridized carbons (Fsp3) is 0.500. The summed E-state index contributed by atoms with van der Waals surface area (Å²) < 4.78 is 0. The van der Waals surface area contributed by atoms with Crippen LogP contribution in [0, 0.1) is 10.1 Å². The summed E-state index contributed by atoms with van der Waals surface area (Å²) in [7, 11) is 0. The van der Waals surface area contributed by atoms with E-state index in [4.69, 9.17) is 0 Å². The van der Waals surface area contributed by atoms with Gasteiger partial charge in [-0.25, -0.2) is 0 Å². The summed E-state index contributed by atoms with van der Waals surface area (Å²) in [6.07, 6.45) is 3.89. The first kappa shape index (κ1) is 15.6. The summed E-state index contributed by atoms with van der Waals surface area (Å²) in [6, 6.07) is 3.24. The molecular weight excluding hydrogens is 290 g/mol. The number of aryl methyl sites for hydroxylation is 1. The molecule has 2 N–H and O–H groups in total. The summed E-state index contributed by atoms with van der Waals surface area (Å²) in [4.78, 5) is 22.3. The number of fused-ring (bicyclic) bond motifs is 1. The zero-order valence-electron chi connectivity index (χ0n) is 12.1. The van der Waals surface area contributed by atoms with Crippen LogP contribution in [0.4, 0.5) is 17.1 Å². The number of nitro groups is 1. The van der Waals surface area contributed by atoms with E-state index >= 15 is 0 Å². The molecule has 114 valence electrons. The van der Waals surface area contributed by atoms with Crippen molar-refractivity contribution in [3.05, 3.63) is 27.8 Å². The van der Waals surface area contributed by atoms with Crippen molar-refractivity contribution in [2.45, 2.75) is 31.4 Å². The molecule has 1 aliphatic rings. The van der Waals surface area contributed by atoms with Crippen molar-refractivity contribution in [2.75, 3.05) is 23.4 Å². The van der Waals surface area contributed by atoms with Crippen LogP contribution >= 0.6 is 11.8 Å². The van der Waals surface area contributed by atoms with Crippen molar-refractivity contribution >= 4 is 34.7 Å². The first-order valence-electron chi connectivity index (χ1n) is 6.89. The molecule has 1 aliphatic heterocycles. The Labute approximate surface area is 127 Å². The van der Waals surface area contributed by atoms with E-state index in [1.807, 2.05) is 6.26 Å². The van der Waals surface area contributed by atoms with E-state index in [2.05, 4.69) is 17.6 Å². The number of rotatable bonds is 6. The summed E-state index contributed by atoms with van der Waals surface area (Å²) in [5.74, 6) is -0.0432. The number of amides is 1. The summed E-state index contributed by atoms with van der Waals surface area (Å²) in [5.41, 5.74) is 2.04. The van der Waals surface area contributed by atoms with Gasteiger partial charge in [0.1, 0.15) is 5.69 Å². The van der Waals surface area contributed by atoms with Gasteiger partial charge in [-0.1, -0.05) is 6.92 Å². The zero-order valence-corrected chi connectivity index (χ0v) is 13.0. The van der Waals surface area contributed by atoms with E-state index in [0.29, 0.717) is 36.0 Å². The summed E-state index contributed by atoms with van der Waals surface area (Å²) in [6.45, 7) is 2.78. The number of anilines is 2. The number of hydrogen-bond donors (Lipinski definition) is 2. The van der Waals surface area contributed by atoms with Gasteiger partial charge in [0, 0.05) is 30.0 Å². The molecule has 6 nitrogen and oxygen atoms in total. The van der Waals surface area contributed by atoms with E-state index in [1.165, 1.54) is 0 Å². The molecule has 0 saturated carbocycles. The Morgan fingerprint density at radius 3 is 2.90 bits per heavy atom. The van der Waals surface area contributed by atoms with Crippen LogP contribution in [0.25, 0.3) is 0 Å². The lowest BCUT2D eigenvalue weighted by atomic mass is 10.0. The smallest absolute Gasteiger partial charge is 0.292 e. The molecule has 0 aliphatic carbocycles. The highest BCUT2D eigenvalue weighted by Crippen LogP contribution is 2.34. The zero-order chi connectivity index (χ0) is 15.4. The second kappa shape index (κ2) is 6.80. The maximum absolute atomic E-state index is 11.4. The van der Waals surface area contributed by atoms with Crippen LogP contribution in [0.5, 0.6) is 0 Å². The average molecular weight is 309 g/mol. The molecule has 1 unspecified atom stereocenters. The quantitative estimate of drug-likeness (QED) is 0.623. The van der Waals surface area contributed by atoms with Crippen LogP contribution in [0.1, 0.15) is 25.3 Å². The van der Waals surface area contributed by atoms with E-state index < -0.39 is 0 Å². The van der Waals surface area contributed by atoms with Gasteiger partial charge >= 0.3 is 0 Å². The third-order valence-electron chi connectivity index (χ3n) is 3.58. The lowest BCUT2D eigenvalue weighted by Gasteiger charge is -2.18. The molecule has 0 bridgehead atoms. The fourth-order valence-corrected chi connectivity index (χ4v) is 2.59. The Morgan fingerprint density at radius 2 is 2.24 bits per heavy atom. The molecule has 1 heterocycles. The van der Waals surface area contributed by atoms with E-state index in [-0.39, 0.29) is 16.5 Å². The Morgan fingerprint density at radius 1 is 1.48 bits per heavy atom. The molecular formula is C14H19N3O3S. The Kier molecular flexibility index (Phi) is 5.06. The molecule has 0 fully saturated rings. The largest absolute Gasteiger partial charge is 0.379 e. The Balaban J connectivity index is 2.19. The second-order valence-corrected chi connectivity index (χ2v) is 6.37. The molecule has 0 aromatic heterocycles. The molecule has 1 aromatic carbocycles. The monoisotopic (exact) mass is 309 g/mol. The molecule has 1 aromatic rings. The maximum Gasteiger partial charge on any atom is 0.292 e. The lowest BCUT2D eigenvalue weighted by Crippen LogP contribution is -2.19. The number of carbonyl (C=O) groups excluding carboxylic acids is 1. The topological polar surface area (TPSA) is 84.3 Å². The highest BCUT2D eigenvalue weighted by Gasteiger charge is 2.22. The molecule has 0 saturated heterocycles. The second-order valence-electron chi connectivity index (χ2n) is 5.09. The lowest BCUT2D eigenvalue weighted by molar-refractivity contribution is -0.384. The molecule has 0 radical (unpaired) electrons. The van der Waals surface area contributed by atoms with E-state index in [9.17, 15) is 14.9 Å². The van der Waals surface area contributed by atoms with Crippen molar-refractivity contribution in [1.29, 1.82) is 0 Å². The van der Waals surface area contributed by atoms with Crippen molar-refractivity contribution < 1.29 is 9.72 Å². The van der Waals surface area contributed by atoms with Crippen LogP contribution in [0.3, 0.4) is 0 Å². The minimum Gasteiger partial charge on any atom is -0.379 e. The third kappa shape index (κ3) is 3.87. The number of thioether (sulfide) groups is 1. The molecule has 21 heavy (non-hydrogen) atoms. The van der Waals surface area contributed by atoms with Gasteiger partial charge in [0.05, 0.1) is 4.92 Å². The van der Waals surface area contributed by atoms with Gasteiger partial charge in [-0.15, -0.1) is 0 Å². The standard InChI is InChI=1S/C14H19N3O3S/c1-9(21-2)5-6-15-12-8-11-10(3-4-14(18)16-11)7-13(12)17(19)20/h7-9,15H,3-6H2,1-2H3,(H,16,18). The molecule has 2 rings (SSSR count). The van der Waals surface area contributed by atoms with Gasteiger partial charge in [-0.2, -0.15) is 11.8 Å². The molecule has 1 atom stereocenters. The van der Waals surface area contributed by atoms with E-state index in [1.54, 1.807) is 23.9 Å². The minimum absolute atomic E-state index is 0.0432. The van der Waals surface area contributed by atoms with Crippen molar-refractivity contribution in [3.63, 3.8) is 0 Å². The Hall–Kier alpha value is -1.76. The number of benzene rings is 1. The number of nitro benzene ring substituents is 1. The van der Waals surface area contributed by atoms with Crippen LogP contribution in [-0.4, -0.2) is 28.9 Å². The normalized spacial score (nSPS) is 15.0. The van der Waals surface area contributed by atoms with E-state index in [0.717, 1.165) is 12.0 Å². The van der Waals surface area contributed by atoms with Crippen molar-refractivity contribution in [3.8, 4) is 0 Å². The van der Waals surface area contributed by atoms with Gasteiger partial charge in [-0.3, -0.25) is 14.9 Å². The predicted octanol–water partition coefficient (Wildman–Crippen LogP) is 3.03. The van der Waals surface area contributed by atoms with Gasteiger partial charge in [0.25, 0.3) is 5.69 Å². The number of nitrogens with one attached hydrogen (secondary N) is 2.